The minimum Gasteiger partial charge on any atom is -0.309 e. The molecule has 1 atom stereocenters. The van der Waals surface area contributed by atoms with Crippen LogP contribution in [0.1, 0.15) is 25.1 Å². The van der Waals surface area contributed by atoms with Crippen LogP contribution in [0.4, 0.5) is 0 Å². The van der Waals surface area contributed by atoms with E-state index in [0.29, 0.717) is 6.04 Å². The Morgan fingerprint density at radius 3 is 2.94 bits per heavy atom. The Hall–Kier alpha value is -1.68. The Morgan fingerprint density at radius 2 is 2.24 bits per heavy atom. The van der Waals surface area contributed by atoms with Crippen molar-refractivity contribution in [1.82, 2.24) is 20.1 Å². The van der Waals surface area contributed by atoms with Crippen LogP contribution in [0.25, 0.3) is 0 Å². The van der Waals surface area contributed by atoms with E-state index in [0.717, 1.165) is 25.2 Å². The number of rotatable bonds is 6. The van der Waals surface area contributed by atoms with Crippen molar-refractivity contribution in [2.45, 2.75) is 25.9 Å². The number of aryl methyl sites for hydroxylation is 1. The monoisotopic (exact) mass is 230 g/mol. The highest BCUT2D eigenvalue weighted by atomic mass is 15.3. The molecule has 0 spiro atoms. The van der Waals surface area contributed by atoms with Gasteiger partial charge in [-0.05, 0) is 38.1 Å². The number of hydrogen-bond donors (Lipinski definition) is 1. The van der Waals surface area contributed by atoms with Crippen molar-refractivity contribution in [3.8, 4) is 0 Å². The lowest BCUT2D eigenvalue weighted by Gasteiger charge is -2.12. The summed E-state index contributed by atoms with van der Waals surface area (Å²) in [7, 11) is 0. The second kappa shape index (κ2) is 6.15. The summed E-state index contributed by atoms with van der Waals surface area (Å²) in [4.78, 5) is 4.33. The van der Waals surface area contributed by atoms with Gasteiger partial charge in [-0.1, -0.05) is 6.07 Å². The molecule has 17 heavy (non-hydrogen) atoms. The Kier molecular flexibility index (Phi) is 4.27. The van der Waals surface area contributed by atoms with Crippen molar-refractivity contribution in [3.05, 3.63) is 48.5 Å². The van der Waals surface area contributed by atoms with Gasteiger partial charge in [0.25, 0.3) is 0 Å². The molecule has 0 saturated carbocycles. The van der Waals surface area contributed by atoms with Gasteiger partial charge in [-0.15, -0.1) is 0 Å². The molecule has 0 bridgehead atoms. The first-order chi connectivity index (χ1) is 8.36. The molecule has 0 aliphatic heterocycles. The van der Waals surface area contributed by atoms with Gasteiger partial charge in [0.2, 0.25) is 0 Å². The van der Waals surface area contributed by atoms with Gasteiger partial charge in [0, 0.05) is 31.2 Å². The Bertz CT molecular complexity index is 410. The Morgan fingerprint density at radius 1 is 1.29 bits per heavy atom. The summed E-state index contributed by atoms with van der Waals surface area (Å²) in [6.45, 7) is 4.06. The number of nitrogens with one attached hydrogen (secondary N) is 1. The fourth-order valence-corrected chi connectivity index (χ4v) is 1.73. The van der Waals surface area contributed by atoms with Gasteiger partial charge < -0.3 is 5.32 Å². The Balaban J connectivity index is 1.68. The molecule has 90 valence electrons. The quantitative estimate of drug-likeness (QED) is 0.772. The van der Waals surface area contributed by atoms with Crippen molar-refractivity contribution < 1.29 is 0 Å². The van der Waals surface area contributed by atoms with Crippen LogP contribution in [0.15, 0.2) is 42.9 Å². The van der Waals surface area contributed by atoms with Gasteiger partial charge in [-0.2, -0.15) is 5.10 Å². The van der Waals surface area contributed by atoms with E-state index in [1.54, 1.807) is 0 Å². The smallest absolute Gasteiger partial charge is 0.0570 e. The van der Waals surface area contributed by atoms with Crippen molar-refractivity contribution in [2.24, 2.45) is 0 Å². The second-order valence-corrected chi connectivity index (χ2v) is 4.05. The molecule has 0 aliphatic rings. The SMILES string of the molecule is CC(NCCCn1cccn1)c1ccccn1. The third-order valence-corrected chi connectivity index (χ3v) is 2.71. The van der Waals surface area contributed by atoms with Crippen LogP contribution in [0.2, 0.25) is 0 Å². The molecule has 1 unspecified atom stereocenters. The van der Waals surface area contributed by atoms with Crippen LogP contribution in [0.3, 0.4) is 0 Å². The number of hydrogen-bond acceptors (Lipinski definition) is 3. The van der Waals surface area contributed by atoms with Gasteiger partial charge in [-0.25, -0.2) is 0 Å². The zero-order valence-corrected chi connectivity index (χ0v) is 10.1. The van der Waals surface area contributed by atoms with Crippen LogP contribution in [0.5, 0.6) is 0 Å². The second-order valence-electron chi connectivity index (χ2n) is 4.05. The van der Waals surface area contributed by atoms with E-state index >= 15 is 0 Å². The molecular weight excluding hydrogens is 212 g/mol. The molecule has 0 radical (unpaired) electrons. The molecule has 0 aliphatic carbocycles. The van der Waals surface area contributed by atoms with E-state index in [2.05, 4.69) is 22.3 Å². The van der Waals surface area contributed by atoms with Crippen LogP contribution in [-0.4, -0.2) is 21.3 Å². The highest BCUT2D eigenvalue weighted by molar-refractivity contribution is 5.07. The molecule has 4 heteroatoms. The zero-order chi connectivity index (χ0) is 11.9. The maximum Gasteiger partial charge on any atom is 0.0570 e. The van der Waals surface area contributed by atoms with E-state index in [-0.39, 0.29) is 0 Å². The third-order valence-electron chi connectivity index (χ3n) is 2.71. The number of nitrogens with zero attached hydrogens (tertiary/aromatic N) is 3. The fourth-order valence-electron chi connectivity index (χ4n) is 1.73. The molecule has 2 aromatic heterocycles. The predicted octanol–water partition coefficient (Wildman–Crippen LogP) is 2.02. The molecule has 4 nitrogen and oxygen atoms in total. The molecule has 1 N–H and O–H groups in total. The maximum atomic E-state index is 4.33. The largest absolute Gasteiger partial charge is 0.309 e. The first kappa shape index (κ1) is 11.8. The summed E-state index contributed by atoms with van der Waals surface area (Å²) in [5.41, 5.74) is 1.09. The molecule has 2 aromatic rings. The van der Waals surface area contributed by atoms with Gasteiger partial charge in [0.1, 0.15) is 0 Å². The van der Waals surface area contributed by atoms with E-state index < -0.39 is 0 Å². The molecular formula is C13H18N4. The van der Waals surface area contributed by atoms with Crippen molar-refractivity contribution >= 4 is 0 Å². The summed E-state index contributed by atoms with van der Waals surface area (Å²) >= 11 is 0. The summed E-state index contributed by atoms with van der Waals surface area (Å²) in [6.07, 6.45) is 6.70. The summed E-state index contributed by atoms with van der Waals surface area (Å²) in [6, 6.07) is 8.25. The van der Waals surface area contributed by atoms with Gasteiger partial charge in [0.05, 0.1) is 5.69 Å². The normalized spacial score (nSPS) is 12.5. The summed E-state index contributed by atoms with van der Waals surface area (Å²) in [5.74, 6) is 0. The van der Waals surface area contributed by atoms with E-state index in [1.807, 2.05) is 47.5 Å². The number of aromatic nitrogens is 3. The average molecular weight is 230 g/mol. The molecule has 0 amide bonds. The Labute approximate surface area is 102 Å². The molecule has 2 heterocycles. The first-order valence-electron chi connectivity index (χ1n) is 5.98. The lowest BCUT2D eigenvalue weighted by atomic mass is 10.2. The minimum atomic E-state index is 0.300. The predicted molar refractivity (Wildman–Crippen MR) is 67.5 cm³/mol. The van der Waals surface area contributed by atoms with E-state index in [4.69, 9.17) is 0 Å². The van der Waals surface area contributed by atoms with Crippen molar-refractivity contribution in [2.75, 3.05) is 6.54 Å². The van der Waals surface area contributed by atoms with Gasteiger partial charge in [-0.3, -0.25) is 9.67 Å². The minimum absolute atomic E-state index is 0.300. The van der Waals surface area contributed by atoms with Crippen LogP contribution in [-0.2, 0) is 6.54 Å². The van der Waals surface area contributed by atoms with Gasteiger partial charge >= 0.3 is 0 Å². The lowest BCUT2D eigenvalue weighted by molar-refractivity contribution is 0.501. The molecule has 0 aromatic carbocycles. The van der Waals surface area contributed by atoms with Crippen molar-refractivity contribution in [3.63, 3.8) is 0 Å². The van der Waals surface area contributed by atoms with E-state index in [1.165, 1.54) is 0 Å². The molecule has 0 saturated heterocycles. The van der Waals surface area contributed by atoms with Crippen LogP contribution < -0.4 is 5.32 Å². The van der Waals surface area contributed by atoms with Gasteiger partial charge in [0.15, 0.2) is 0 Å². The third kappa shape index (κ3) is 3.67. The highest BCUT2D eigenvalue weighted by Crippen LogP contribution is 2.07. The molecule has 0 fully saturated rings. The molecule has 2 rings (SSSR count). The number of pyridine rings is 1. The van der Waals surface area contributed by atoms with Crippen molar-refractivity contribution in [1.29, 1.82) is 0 Å². The standard InChI is InChI=1S/C13H18N4/c1-12(13-6-2-3-7-15-13)14-8-4-10-17-11-5-9-16-17/h2-3,5-7,9,11-12,14H,4,8,10H2,1H3. The summed E-state index contributed by atoms with van der Waals surface area (Å²) in [5, 5.41) is 7.63. The highest BCUT2D eigenvalue weighted by Gasteiger charge is 2.04. The topological polar surface area (TPSA) is 42.7 Å². The zero-order valence-electron chi connectivity index (χ0n) is 10.1. The fraction of sp³-hybridized carbons (Fsp3) is 0.385. The maximum absolute atomic E-state index is 4.33. The average Bonchev–Trinajstić information content (AvgIpc) is 2.88. The van der Waals surface area contributed by atoms with Crippen LogP contribution in [0, 0.1) is 0 Å². The lowest BCUT2D eigenvalue weighted by Crippen LogP contribution is -2.21. The first-order valence-corrected chi connectivity index (χ1v) is 5.98. The van der Waals surface area contributed by atoms with Crippen LogP contribution >= 0.6 is 0 Å². The van der Waals surface area contributed by atoms with E-state index in [9.17, 15) is 0 Å². The summed E-state index contributed by atoms with van der Waals surface area (Å²) < 4.78 is 1.95.